The number of hydrogen-bond acceptors (Lipinski definition) is 7. The van der Waals surface area contributed by atoms with Gasteiger partial charge in [0.1, 0.15) is 0 Å². The normalized spacial score (nSPS) is 11.3. The summed E-state index contributed by atoms with van der Waals surface area (Å²) in [4.78, 5) is 2.04. The van der Waals surface area contributed by atoms with Gasteiger partial charge < -0.3 is 5.43 Å². The lowest BCUT2D eigenvalue weighted by atomic mass is 10.3. The van der Waals surface area contributed by atoms with E-state index in [0.717, 1.165) is 15.5 Å². The molecule has 2 aromatic rings. The van der Waals surface area contributed by atoms with Crippen LogP contribution in [-0.2, 0) is 10.0 Å². The lowest BCUT2D eigenvalue weighted by molar-refractivity contribution is 0.597. The van der Waals surface area contributed by atoms with Crippen molar-refractivity contribution in [1.82, 2.24) is 11.1 Å². The van der Waals surface area contributed by atoms with Gasteiger partial charge in [-0.3, -0.25) is 5.84 Å². The van der Waals surface area contributed by atoms with Crippen LogP contribution in [0.4, 0.5) is 5.69 Å². The van der Waals surface area contributed by atoms with Crippen molar-refractivity contribution in [3.8, 4) is 0 Å². The van der Waals surface area contributed by atoms with Crippen molar-refractivity contribution in [3.05, 3.63) is 48.5 Å². The van der Waals surface area contributed by atoms with Crippen LogP contribution in [-0.4, -0.2) is 8.42 Å². The third-order valence-corrected chi connectivity index (χ3v) is 4.47. The molecule has 0 amide bonds. The fourth-order valence-electron chi connectivity index (χ4n) is 1.55. The van der Waals surface area contributed by atoms with Gasteiger partial charge in [0.25, 0.3) is 0 Å². The summed E-state index contributed by atoms with van der Waals surface area (Å²) in [5.41, 5.74) is 8.50. The zero-order chi connectivity index (χ0) is 15.3. The van der Waals surface area contributed by atoms with E-state index >= 15 is 0 Å². The molecule has 0 atom stereocenters. The Balaban J connectivity index is 2.04. The highest BCUT2D eigenvalue weighted by molar-refractivity contribution is 7.99. The molecular formula is C12H15N5O2S2. The van der Waals surface area contributed by atoms with E-state index in [4.69, 9.17) is 11.0 Å². The highest BCUT2D eigenvalue weighted by Crippen LogP contribution is 2.29. The summed E-state index contributed by atoms with van der Waals surface area (Å²) >= 11 is 1.52. The molecule has 7 N–H and O–H groups in total. The molecule has 0 heterocycles. The SMILES string of the molecule is NNNNc1ccc(Sc2ccc(S(N)(=O)=O)cc2)cc1. The number of hydrazine groups is 3. The van der Waals surface area contributed by atoms with E-state index in [0.29, 0.717) is 0 Å². The minimum absolute atomic E-state index is 0.103. The molecule has 7 nitrogen and oxygen atoms in total. The number of primary sulfonamides is 1. The molecular weight excluding hydrogens is 310 g/mol. The Bertz CT molecular complexity index is 687. The molecule has 112 valence electrons. The van der Waals surface area contributed by atoms with E-state index < -0.39 is 10.0 Å². The quantitative estimate of drug-likeness (QED) is 0.393. The molecule has 0 bridgehead atoms. The molecule has 0 aliphatic rings. The van der Waals surface area contributed by atoms with Gasteiger partial charge in [0.05, 0.1) is 10.6 Å². The van der Waals surface area contributed by atoms with Crippen molar-refractivity contribution in [2.45, 2.75) is 14.7 Å². The molecule has 21 heavy (non-hydrogen) atoms. The number of benzene rings is 2. The topological polar surface area (TPSA) is 122 Å². The van der Waals surface area contributed by atoms with Crippen LogP contribution in [0.25, 0.3) is 0 Å². The third-order valence-electron chi connectivity index (χ3n) is 2.52. The Morgan fingerprint density at radius 2 is 1.43 bits per heavy atom. The number of rotatable bonds is 6. The standard InChI is InChI=1S/C12H15N5O2S2/c13-16-17-15-9-1-3-10(4-2-9)20-11-5-7-12(8-6-11)21(14,18)19/h1-8,15-17H,13H2,(H2,14,18,19). The van der Waals surface area contributed by atoms with E-state index in [1.165, 1.54) is 23.9 Å². The smallest absolute Gasteiger partial charge is 0.238 e. The molecule has 0 aliphatic carbocycles. The maximum atomic E-state index is 11.2. The monoisotopic (exact) mass is 325 g/mol. The summed E-state index contributed by atoms with van der Waals surface area (Å²) in [6, 6.07) is 14.0. The minimum atomic E-state index is -3.65. The van der Waals surface area contributed by atoms with E-state index in [-0.39, 0.29) is 4.90 Å². The predicted octanol–water partition coefficient (Wildman–Crippen LogP) is 0.780. The van der Waals surface area contributed by atoms with Crippen LogP contribution in [0.5, 0.6) is 0 Å². The van der Waals surface area contributed by atoms with Crippen molar-refractivity contribution in [2.75, 3.05) is 5.43 Å². The van der Waals surface area contributed by atoms with Gasteiger partial charge in [-0.25, -0.2) is 13.6 Å². The van der Waals surface area contributed by atoms with Crippen LogP contribution < -0.4 is 27.5 Å². The average Bonchev–Trinajstić information content (AvgIpc) is 2.46. The van der Waals surface area contributed by atoms with Gasteiger partial charge in [-0.05, 0) is 48.5 Å². The molecule has 2 aromatic carbocycles. The second-order valence-electron chi connectivity index (χ2n) is 4.04. The average molecular weight is 325 g/mol. The number of sulfonamides is 1. The number of nitrogens with one attached hydrogen (secondary N) is 3. The van der Waals surface area contributed by atoms with Crippen LogP contribution in [0.2, 0.25) is 0 Å². The zero-order valence-corrected chi connectivity index (χ0v) is 12.5. The third kappa shape index (κ3) is 4.70. The fourth-order valence-corrected chi connectivity index (χ4v) is 2.88. The first-order valence-electron chi connectivity index (χ1n) is 5.86. The van der Waals surface area contributed by atoms with Crippen molar-refractivity contribution in [2.24, 2.45) is 11.0 Å². The van der Waals surface area contributed by atoms with E-state index in [9.17, 15) is 8.42 Å². The molecule has 0 aliphatic heterocycles. The predicted molar refractivity (Wildman–Crippen MR) is 82.5 cm³/mol. The van der Waals surface area contributed by atoms with Crippen molar-refractivity contribution < 1.29 is 8.42 Å². The molecule has 0 saturated heterocycles. The highest BCUT2D eigenvalue weighted by Gasteiger charge is 2.07. The van der Waals surface area contributed by atoms with Gasteiger partial charge in [-0.15, -0.1) is 0 Å². The van der Waals surface area contributed by atoms with Crippen LogP contribution in [0.15, 0.2) is 63.2 Å². The van der Waals surface area contributed by atoms with Gasteiger partial charge >= 0.3 is 0 Å². The summed E-state index contributed by atoms with van der Waals surface area (Å²) in [6.45, 7) is 0. The Morgan fingerprint density at radius 3 is 1.90 bits per heavy atom. The largest absolute Gasteiger partial charge is 0.307 e. The lowest BCUT2D eigenvalue weighted by Gasteiger charge is -2.07. The summed E-state index contributed by atoms with van der Waals surface area (Å²) in [6.07, 6.45) is 0. The lowest BCUT2D eigenvalue weighted by Crippen LogP contribution is -2.41. The van der Waals surface area contributed by atoms with E-state index in [1.54, 1.807) is 12.1 Å². The summed E-state index contributed by atoms with van der Waals surface area (Å²) in [5, 5.41) is 5.05. The van der Waals surface area contributed by atoms with Gasteiger partial charge in [0.15, 0.2) is 0 Å². The molecule has 0 saturated carbocycles. The highest BCUT2D eigenvalue weighted by atomic mass is 32.2. The second kappa shape index (κ2) is 6.89. The molecule has 9 heteroatoms. The number of nitrogens with two attached hydrogens (primary N) is 2. The van der Waals surface area contributed by atoms with Gasteiger partial charge in [-0.1, -0.05) is 11.8 Å². The second-order valence-corrected chi connectivity index (χ2v) is 6.75. The van der Waals surface area contributed by atoms with Crippen LogP contribution >= 0.6 is 11.8 Å². The Hall–Kier alpha value is -1.62. The number of hydrogen-bond donors (Lipinski definition) is 5. The zero-order valence-electron chi connectivity index (χ0n) is 10.9. The maximum Gasteiger partial charge on any atom is 0.238 e. The van der Waals surface area contributed by atoms with Crippen LogP contribution in [0.3, 0.4) is 0 Å². The van der Waals surface area contributed by atoms with Crippen molar-refractivity contribution in [3.63, 3.8) is 0 Å². The molecule has 0 unspecified atom stereocenters. The molecule has 0 fully saturated rings. The first-order chi connectivity index (χ1) is 9.99. The Labute approximate surface area is 127 Å². The summed E-state index contributed by atoms with van der Waals surface area (Å²) in [7, 11) is -3.65. The molecule has 0 radical (unpaired) electrons. The fraction of sp³-hybridized carbons (Fsp3) is 0. The van der Waals surface area contributed by atoms with Crippen LogP contribution in [0.1, 0.15) is 0 Å². The summed E-state index contributed by atoms with van der Waals surface area (Å²) in [5.74, 6) is 5.07. The first-order valence-corrected chi connectivity index (χ1v) is 8.23. The van der Waals surface area contributed by atoms with Crippen molar-refractivity contribution in [1.29, 1.82) is 0 Å². The Kier molecular flexibility index (Phi) is 5.17. The van der Waals surface area contributed by atoms with Gasteiger partial charge in [-0.2, -0.15) is 11.1 Å². The van der Waals surface area contributed by atoms with Crippen molar-refractivity contribution >= 4 is 27.5 Å². The summed E-state index contributed by atoms with van der Waals surface area (Å²) < 4.78 is 22.3. The molecule has 0 aromatic heterocycles. The van der Waals surface area contributed by atoms with E-state index in [1.807, 2.05) is 24.3 Å². The maximum absolute atomic E-state index is 11.2. The minimum Gasteiger partial charge on any atom is -0.307 e. The Morgan fingerprint density at radius 1 is 0.905 bits per heavy atom. The number of anilines is 1. The molecule has 0 spiro atoms. The van der Waals surface area contributed by atoms with Crippen LogP contribution in [0, 0.1) is 0 Å². The van der Waals surface area contributed by atoms with Gasteiger partial charge in [0, 0.05) is 9.79 Å². The van der Waals surface area contributed by atoms with E-state index in [2.05, 4.69) is 16.5 Å². The first kappa shape index (κ1) is 15.8. The van der Waals surface area contributed by atoms with Gasteiger partial charge in [0.2, 0.25) is 10.0 Å². The molecule has 2 rings (SSSR count).